The van der Waals surface area contributed by atoms with Gasteiger partial charge in [0.05, 0.1) is 11.9 Å². The monoisotopic (exact) mass is 273 g/mol. The van der Waals surface area contributed by atoms with Crippen molar-refractivity contribution in [3.8, 4) is 0 Å². The first kappa shape index (κ1) is 13.9. The summed E-state index contributed by atoms with van der Waals surface area (Å²) in [6.07, 6.45) is 10.7. The van der Waals surface area contributed by atoms with Gasteiger partial charge in [0.25, 0.3) is 0 Å². The van der Waals surface area contributed by atoms with Crippen molar-refractivity contribution in [1.82, 2.24) is 10.3 Å². The first-order chi connectivity index (χ1) is 9.74. The molecule has 0 unspecified atom stereocenters. The molecule has 2 aliphatic rings. The molecule has 0 aliphatic heterocycles. The Kier molecular flexibility index (Phi) is 4.25. The van der Waals surface area contributed by atoms with Crippen molar-refractivity contribution in [3.05, 3.63) is 24.0 Å². The van der Waals surface area contributed by atoms with Crippen molar-refractivity contribution in [2.24, 2.45) is 5.92 Å². The van der Waals surface area contributed by atoms with E-state index < -0.39 is 0 Å². The van der Waals surface area contributed by atoms with Gasteiger partial charge in [-0.2, -0.15) is 0 Å². The van der Waals surface area contributed by atoms with Gasteiger partial charge in [0.15, 0.2) is 0 Å². The molecule has 1 heterocycles. The van der Waals surface area contributed by atoms with E-state index in [0.717, 1.165) is 24.5 Å². The summed E-state index contributed by atoms with van der Waals surface area (Å²) in [4.78, 5) is 6.98. The molecule has 0 radical (unpaired) electrons. The first-order valence-electron chi connectivity index (χ1n) is 8.17. The predicted molar refractivity (Wildman–Crippen MR) is 83.9 cm³/mol. The highest BCUT2D eigenvalue weighted by molar-refractivity contribution is 5.53. The van der Waals surface area contributed by atoms with Gasteiger partial charge in [-0.15, -0.1) is 0 Å². The topological polar surface area (TPSA) is 28.2 Å². The first-order valence-corrected chi connectivity index (χ1v) is 8.17. The highest BCUT2D eigenvalue weighted by Gasteiger charge is 2.30. The molecule has 3 heteroatoms. The van der Waals surface area contributed by atoms with Crippen molar-refractivity contribution >= 4 is 5.69 Å². The number of nitrogens with one attached hydrogen (secondary N) is 1. The molecule has 0 atom stereocenters. The molecule has 2 aliphatic carbocycles. The highest BCUT2D eigenvalue weighted by Crippen LogP contribution is 2.34. The number of pyridine rings is 1. The van der Waals surface area contributed by atoms with Gasteiger partial charge in [-0.1, -0.05) is 13.8 Å². The molecule has 0 saturated heterocycles. The summed E-state index contributed by atoms with van der Waals surface area (Å²) in [5.74, 6) is 0.765. The predicted octanol–water partition coefficient (Wildman–Crippen LogP) is 3.35. The second kappa shape index (κ2) is 6.13. The second-order valence-electron chi connectivity index (χ2n) is 6.77. The van der Waals surface area contributed by atoms with Crippen LogP contribution in [-0.4, -0.2) is 23.6 Å². The van der Waals surface area contributed by atoms with E-state index >= 15 is 0 Å². The lowest BCUT2D eigenvalue weighted by Crippen LogP contribution is -2.29. The number of hydrogen-bond donors (Lipinski definition) is 1. The van der Waals surface area contributed by atoms with Gasteiger partial charge < -0.3 is 10.2 Å². The Morgan fingerprint density at radius 2 is 2.10 bits per heavy atom. The standard InChI is InChI=1S/C17H27N3/c1-13(2)8-10-20(16-5-6-16)17-12-18-9-7-14(17)11-19-15-3-4-15/h7,9,12-13,15-16,19H,3-6,8,10-11H2,1-2H3. The fourth-order valence-corrected chi connectivity index (χ4v) is 2.65. The molecule has 2 fully saturated rings. The van der Waals surface area contributed by atoms with Crippen LogP contribution in [-0.2, 0) is 6.54 Å². The van der Waals surface area contributed by atoms with E-state index in [4.69, 9.17) is 0 Å². The average molecular weight is 273 g/mol. The summed E-state index contributed by atoms with van der Waals surface area (Å²) in [7, 11) is 0. The highest BCUT2D eigenvalue weighted by atomic mass is 15.2. The third kappa shape index (κ3) is 3.72. The summed E-state index contributed by atoms with van der Waals surface area (Å²) >= 11 is 0. The van der Waals surface area contributed by atoms with Crippen LogP contribution in [0.4, 0.5) is 5.69 Å². The van der Waals surface area contributed by atoms with Crippen molar-refractivity contribution in [2.45, 2.75) is 64.6 Å². The normalized spacial score (nSPS) is 18.6. The Bertz CT molecular complexity index is 436. The van der Waals surface area contributed by atoms with Gasteiger partial charge >= 0.3 is 0 Å². The molecular formula is C17H27N3. The minimum atomic E-state index is 0.762. The lowest BCUT2D eigenvalue weighted by atomic mass is 10.1. The van der Waals surface area contributed by atoms with Crippen molar-refractivity contribution in [1.29, 1.82) is 0 Å². The summed E-state index contributed by atoms with van der Waals surface area (Å²) in [6, 6.07) is 3.72. The van der Waals surface area contributed by atoms with Crippen LogP contribution in [0.25, 0.3) is 0 Å². The zero-order valence-corrected chi connectivity index (χ0v) is 12.8. The fourth-order valence-electron chi connectivity index (χ4n) is 2.65. The number of hydrogen-bond acceptors (Lipinski definition) is 3. The van der Waals surface area contributed by atoms with Gasteiger partial charge in [-0.05, 0) is 49.7 Å². The molecule has 110 valence electrons. The lowest BCUT2D eigenvalue weighted by molar-refractivity contribution is 0.568. The van der Waals surface area contributed by atoms with E-state index in [1.165, 1.54) is 49.9 Å². The quantitative estimate of drug-likeness (QED) is 0.787. The van der Waals surface area contributed by atoms with Crippen LogP contribution in [0, 0.1) is 5.92 Å². The maximum Gasteiger partial charge on any atom is 0.0600 e. The summed E-state index contributed by atoms with van der Waals surface area (Å²) in [5.41, 5.74) is 2.78. The van der Waals surface area contributed by atoms with Crippen LogP contribution in [0.15, 0.2) is 18.5 Å². The van der Waals surface area contributed by atoms with Crippen molar-refractivity contribution in [3.63, 3.8) is 0 Å². The molecule has 1 aromatic rings. The number of rotatable bonds is 8. The van der Waals surface area contributed by atoms with Crippen LogP contribution in [0.3, 0.4) is 0 Å². The van der Waals surface area contributed by atoms with Gasteiger partial charge in [-0.25, -0.2) is 0 Å². The minimum absolute atomic E-state index is 0.762. The second-order valence-corrected chi connectivity index (χ2v) is 6.77. The molecule has 0 amide bonds. The number of nitrogens with zero attached hydrogens (tertiary/aromatic N) is 2. The molecule has 1 aromatic heterocycles. The molecule has 3 rings (SSSR count). The largest absolute Gasteiger partial charge is 0.367 e. The van der Waals surface area contributed by atoms with Crippen LogP contribution in [0.1, 0.15) is 51.5 Å². The lowest BCUT2D eigenvalue weighted by Gasteiger charge is -2.27. The third-order valence-corrected chi connectivity index (χ3v) is 4.29. The van der Waals surface area contributed by atoms with Crippen LogP contribution >= 0.6 is 0 Å². The molecule has 2 saturated carbocycles. The van der Waals surface area contributed by atoms with E-state index in [0.29, 0.717) is 0 Å². The Labute approximate surface area is 122 Å². The van der Waals surface area contributed by atoms with Crippen LogP contribution < -0.4 is 10.2 Å². The maximum atomic E-state index is 4.38. The average Bonchev–Trinajstić information content (AvgIpc) is 3.31. The van der Waals surface area contributed by atoms with Crippen LogP contribution in [0.5, 0.6) is 0 Å². The fraction of sp³-hybridized carbons (Fsp3) is 0.706. The van der Waals surface area contributed by atoms with Gasteiger partial charge in [0.1, 0.15) is 0 Å². The molecule has 0 aromatic carbocycles. The van der Waals surface area contributed by atoms with E-state index in [9.17, 15) is 0 Å². The summed E-state index contributed by atoms with van der Waals surface area (Å²) < 4.78 is 0. The third-order valence-electron chi connectivity index (χ3n) is 4.29. The molecule has 20 heavy (non-hydrogen) atoms. The van der Waals surface area contributed by atoms with Crippen molar-refractivity contribution < 1.29 is 0 Å². The van der Waals surface area contributed by atoms with E-state index in [2.05, 4.69) is 41.3 Å². The van der Waals surface area contributed by atoms with Crippen molar-refractivity contribution in [2.75, 3.05) is 11.4 Å². The SMILES string of the molecule is CC(C)CCN(c1cnccc1CNC1CC1)C1CC1. The maximum absolute atomic E-state index is 4.38. The van der Waals surface area contributed by atoms with Gasteiger partial charge in [0, 0.05) is 31.4 Å². The molecule has 3 nitrogen and oxygen atoms in total. The Morgan fingerprint density at radius 1 is 1.30 bits per heavy atom. The summed E-state index contributed by atoms with van der Waals surface area (Å²) in [6.45, 7) is 6.78. The molecule has 1 N–H and O–H groups in total. The Morgan fingerprint density at radius 3 is 2.75 bits per heavy atom. The van der Waals surface area contributed by atoms with E-state index in [1.807, 2.05) is 6.20 Å². The zero-order chi connectivity index (χ0) is 13.9. The zero-order valence-electron chi connectivity index (χ0n) is 12.8. The Balaban J connectivity index is 1.70. The van der Waals surface area contributed by atoms with Gasteiger partial charge in [0.2, 0.25) is 0 Å². The molecule has 0 bridgehead atoms. The van der Waals surface area contributed by atoms with Gasteiger partial charge in [-0.3, -0.25) is 4.98 Å². The minimum Gasteiger partial charge on any atom is -0.367 e. The van der Waals surface area contributed by atoms with E-state index in [1.54, 1.807) is 0 Å². The Hall–Kier alpha value is -1.09. The molecular weight excluding hydrogens is 246 g/mol. The van der Waals surface area contributed by atoms with Crippen LogP contribution in [0.2, 0.25) is 0 Å². The molecule has 0 spiro atoms. The number of anilines is 1. The number of aromatic nitrogens is 1. The summed E-state index contributed by atoms with van der Waals surface area (Å²) in [5, 5.41) is 3.64. The van der Waals surface area contributed by atoms with E-state index in [-0.39, 0.29) is 0 Å². The smallest absolute Gasteiger partial charge is 0.0600 e.